The molecule has 1 fully saturated rings. The number of carbonyl (C=O) groups excluding carboxylic acids is 2. The van der Waals surface area contributed by atoms with Crippen LogP contribution in [-0.2, 0) is 9.53 Å². The van der Waals surface area contributed by atoms with E-state index in [4.69, 9.17) is 33.7 Å². The number of hydrogen-bond donors (Lipinski definition) is 1. The lowest BCUT2D eigenvalue weighted by atomic mass is 9.97. The third-order valence-corrected chi connectivity index (χ3v) is 8.50. The Morgan fingerprint density at radius 1 is 0.974 bits per heavy atom. The smallest absolute Gasteiger partial charge is 0.257 e. The number of morpholine rings is 1. The molecular weight excluding hydrogens is 650 g/mol. The summed E-state index contributed by atoms with van der Waals surface area (Å²) < 4.78 is 6.40. The van der Waals surface area contributed by atoms with Gasteiger partial charge in [-0.15, -0.1) is 0 Å². The minimum atomic E-state index is -0.894. The van der Waals surface area contributed by atoms with Gasteiger partial charge in [0.1, 0.15) is 6.04 Å². The third kappa shape index (κ3) is 5.90. The van der Waals surface area contributed by atoms with E-state index in [1.807, 2.05) is 43.3 Å². The molecule has 7 nitrogen and oxygen atoms in total. The molecule has 2 amide bonds. The number of hydrogen-bond acceptors (Lipinski definition) is 5. The first-order valence-corrected chi connectivity index (χ1v) is 14.6. The summed E-state index contributed by atoms with van der Waals surface area (Å²) >= 11 is 14.6. The summed E-state index contributed by atoms with van der Waals surface area (Å²) in [4.78, 5) is 34.7. The number of rotatable bonds is 6. The van der Waals surface area contributed by atoms with Gasteiger partial charge in [-0.2, -0.15) is 0 Å². The summed E-state index contributed by atoms with van der Waals surface area (Å²) in [5.41, 5.74) is 9.32. The van der Waals surface area contributed by atoms with E-state index >= 15 is 0 Å². The van der Waals surface area contributed by atoms with Gasteiger partial charge in [-0.25, -0.2) is 0 Å². The molecule has 2 heterocycles. The Kier molecular flexibility index (Phi) is 8.68. The summed E-state index contributed by atoms with van der Waals surface area (Å²) in [6.07, 6.45) is 0. The molecular formula is C29H29Cl2IN4O3. The highest BCUT2D eigenvalue weighted by atomic mass is 127. The number of halogens is 3. The normalized spacial score (nSPS) is 19.1. The molecule has 2 N–H and O–H groups in total. The van der Waals surface area contributed by atoms with Crippen molar-refractivity contribution < 1.29 is 14.3 Å². The van der Waals surface area contributed by atoms with Crippen LogP contribution in [0.5, 0.6) is 0 Å². The van der Waals surface area contributed by atoms with Gasteiger partial charge in [0.05, 0.1) is 30.5 Å². The minimum absolute atomic E-state index is 0.182. The summed E-state index contributed by atoms with van der Waals surface area (Å²) in [5.74, 6) is -0.425. The van der Waals surface area contributed by atoms with Gasteiger partial charge in [0.2, 0.25) is 0 Å². The molecule has 0 bridgehead atoms. The Labute approximate surface area is 251 Å². The molecule has 2 aliphatic heterocycles. The Morgan fingerprint density at radius 3 is 2.36 bits per heavy atom. The maximum atomic E-state index is 14.6. The second-order valence-electron chi connectivity index (χ2n) is 9.72. The van der Waals surface area contributed by atoms with Crippen molar-refractivity contribution >= 4 is 69.0 Å². The monoisotopic (exact) mass is 678 g/mol. The zero-order valence-electron chi connectivity index (χ0n) is 21.4. The first kappa shape index (κ1) is 28.2. The van der Waals surface area contributed by atoms with Crippen LogP contribution in [0.1, 0.15) is 40.5 Å². The Morgan fingerprint density at radius 2 is 1.67 bits per heavy atom. The molecule has 2 atom stereocenters. The molecule has 0 saturated carbocycles. The predicted octanol–water partition coefficient (Wildman–Crippen LogP) is 5.80. The average Bonchev–Trinajstić information content (AvgIpc) is 3.01. The number of anilines is 2. The lowest BCUT2D eigenvalue weighted by Gasteiger charge is -2.36. The summed E-state index contributed by atoms with van der Waals surface area (Å²) in [7, 11) is 0. The topological polar surface area (TPSA) is 79.1 Å². The van der Waals surface area contributed by atoms with Crippen LogP contribution in [0.15, 0.2) is 60.7 Å². The average molecular weight is 679 g/mol. The molecule has 39 heavy (non-hydrogen) atoms. The molecule has 3 aromatic rings. The van der Waals surface area contributed by atoms with Crippen molar-refractivity contribution in [2.24, 2.45) is 0 Å². The fraction of sp³-hybridized carbons (Fsp3) is 0.310. The second kappa shape index (κ2) is 12.0. The van der Waals surface area contributed by atoms with E-state index in [-0.39, 0.29) is 11.8 Å². The number of carbonyl (C=O) groups is 2. The van der Waals surface area contributed by atoms with Crippen LogP contribution in [0.25, 0.3) is 0 Å². The number of nitrogens with two attached hydrogens (primary N) is 1. The van der Waals surface area contributed by atoms with Crippen LogP contribution in [0.3, 0.4) is 0 Å². The van der Waals surface area contributed by atoms with Crippen LogP contribution in [-0.4, -0.2) is 61.0 Å². The van der Waals surface area contributed by atoms with E-state index in [0.29, 0.717) is 64.4 Å². The van der Waals surface area contributed by atoms with Crippen LogP contribution in [0.2, 0.25) is 10.0 Å². The quantitative estimate of drug-likeness (QED) is 0.263. The van der Waals surface area contributed by atoms with Crippen LogP contribution in [0, 0.1) is 3.57 Å². The van der Waals surface area contributed by atoms with E-state index in [9.17, 15) is 9.59 Å². The van der Waals surface area contributed by atoms with Crippen LogP contribution < -0.4 is 10.6 Å². The van der Waals surface area contributed by atoms with Crippen LogP contribution in [0.4, 0.5) is 11.4 Å². The van der Waals surface area contributed by atoms with Gasteiger partial charge in [0, 0.05) is 45.5 Å². The molecule has 1 saturated heterocycles. The van der Waals surface area contributed by atoms with Crippen molar-refractivity contribution in [3.05, 3.63) is 91.0 Å². The van der Waals surface area contributed by atoms with Crippen molar-refractivity contribution in [2.75, 3.05) is 50.0 Å². The van der Waals surface area contributed by atoms with E-state index in [0.717, 1.165) is 16.7 Å². The largest absolute Gasteiger partial charge is 0.398 e. The molecule has 3 aromatic carbocycles. The zero-order chi connectivity index (χ0) is 27.7. The molecule has 0 spiro atoms. The van der Waals surface area contributed by atoms with E-state index in [1.54, 1.807) is 34.1 Å². The first-order chi connectivity index (χ1) is 18.7. The van der Waals surface area contributed by atoms with Gasteiger partial charge >= 0.3 is 0 Å². The molecule has 2 aliphatic rings. The molecule has 204 valence electrons. The molecule has 10 heteroatoms. The summed E-state index contributed by atoms with van der Waals surface area (Å²) in [5, 5.41) is 1.06. The third-order valence-electron chi connectivity index (χ3n) is 7.34. The minimum Gasteiger partial charge on any atom is -0.398 e. The number of nitrogen functional groups attached to an aromatic ring is 1. The lowest BCUT2D eigenvalue weighted by molar-refractivity contribution is -0.123. The van der Waals surface area contributed by atoms with Crippen molar-refractivity contribution in [1.82, 2.24) is 9.80 Å². The molecule has 0 radical (unpaired) electrons. The van der Waals surface area contributed by atoms with E-state index in [2.05, 4.69) is 27.5 Å². The highest BCUT2D eigenvalue weighted by molar-refractivity contribution is 14.1. The van der Waals surface area contributed by atoms with Crippen molar-refractivity contribution in [1.29, 1.82) is 0 Å². The van der Waals surface area contributed by atoms with Crippen molar-refractivity contribution in [2.45, 2.75) is 19.0 Å². The lowest BCUT2D eigenvalue weighted by Crippen LogP contribution is -2.47. The molecule has 0 unspecified atom stereocenters. The van der Waals surface area contributed by atoms with E-state index in [1.165, 1.54) is 0 Å². The maximum absolute atomic E-state index is 14.6. The molecule has 5 rings (SSSR count). The summed E-state index contributed by atoms with van der Waals surface area (Å²) in [6, 6.07) is 16.6. The van der Waals surface area contributed by atoms with Gasteiger partial charge in [-0.3, -0.25) is 14.5 Å². The number of nitrogens with zero attached hydrogens (tertiary/aromatic N) is 3. The number of benzene rings is 3. The van der Waals surface area contributed by atoms with Gasteiger partial charge < -0.3 is 20.3 Å². The summed E-state index contributed by atoms with van der Waals surface area (Å²) in [6.45, 7) is 5.95. The van der Waals surface area contributed by atoms with Crippen LogP contribution >= 0.6 is 45.8 Å². The Balaban J connectivity index is 1.64. The first-order valence-electron chi connectivity index (χ1n) is 12.8. The molecule has 0 aromatic heterocycles. The van der Waals surface area contributed by atoms with E-state index < -0.39 is 12.1 Å². The standard InChI is InChI=1S/C29H29Cl2IN4O3/c1-18(23-8-6-21(31)16-25(23)33)36-27(19-2-4-20(30)5-3-19)29(38)35(11-10-34-12-14-39-15-13-34)26-9-7-22(32)17-24(26)28(36)37/h2-9,16-18,27H,10-15,33H2,1H3/t18-,27+/m1/s1. The highest BCUT2D eigenvalue weighted by Gasteiger charge is 2.43. The Bertz CT molecular complexity index is 1380. The van der Waals surface area contributed by atoms with Gasteiger partial charge in [-0.1, -0.05) is 41.4 Å². The number of amides is 2. The predicted molar refractivity (Wildman–Crippen MR) is 163 cm³/mol. The SMILES string of the molecule is C[C@H](c1ccc(Cl)cc1N)N1C(=O)c2cc(I)ccc2N(CCN2CCOCC2)C(=O)[C@@H]1c1ccc(Cl)cc1. The van der Waals surface area contributed by atoms with Gasteiger partial charge in [0.25, 0.3) is 11.8 Å². The Hall–Kier alpha value is -2.37. The van der Waals surface area contributed by atoms with Crippen molar-refractivity contribution in [3.8, 4) is 0 Å². The van der Waals surface area contributed by atoms with Gasteiger partial charge in [0.15, 0.2) is 0 Å². The second-order valence-corrected chi connectivity index (χ2v) is 11.8. The molecule has 0 aliphatic carbocycles. The van der Waals surface area contributed by atoms with Gasteiger partial charge in [-0.05, 0) is 83.1 Å². The highest BCUT2D eigenvalue weighted by Crippen LogP contribution is 2.41. The maximum Gasteiger partial charge on any atom is 0.257 e. The fourth-order valence-corrected chi connectivity index (χ4v) is 6.07. The fourth-order valence-electron chi connectivity index (χ4n) is 5.28. The zero-order valence-corrected chi connectivity index (χ0v) is 25.1. The van der Waals surface area contributed by atoms with Crippen molar-refractivity contribution in [3.63, 3.8) is 0 Å². The number of ether oxygens (including phenoxy) is 1. The number of fused-ring (bicyclic) bond motifs is 1.